The molecule has 2 aromatic rings. The molecule has 1 saturated heterocycles. The van der Waals surface area contributed by atoms with Crippen LogP contribution in [0.5, 0.6) is 11.5 Å². The van der Waals surface area contributed by atoms with Crippen LogP contribution in [0.15, 0.2) is 48.5 Å². The molecule has 0 spiro atoms. The predicted octanol–water partition coefficient (Wildman–Crippen LogP) is 2.98. The number of benzene rings is 2. The Hall–Kier alpha value is -2.08. The number of aliphatic hydroxyl groups is 1. The summed E-state index contributed by atoms with van der Waals surface area (Å²) in [6, 6.07) is 16.9. The van der Waals surface area contributed by atoms with Crippen LogP contribution in [-0.4, -0.2) is 55.4 Å². The molecule has 5 heteroatoms. The number of aliphatic hydroxyl groups excluding tert-OH is 1. The van der Waals surface area contributed by atoms with Gasteiger partial charge in [-0.25, -0.2) is 0 Å². The van der Waals surface area contributed by atoms with Crippen LogP contribution in [0.1, 0.15) is 12.8 Å². The SMILES string of the molecule is OCCC1CN(CCCN2c3ccccc3Oc3ccccc32)CCN1. The number of fused-ring (bicyclic) bond motifs is 2. The number of ether oxygens (including phenoxy) is 1. The van der Waals surface area contributed by atoms with Gasteiger partial charge in [0.2, 0.25) is 0 Å². The van der Waals surface area contributed by atoms with E-state index in [1.807, 2.05) is 24.3 Å². The lowest BCUT2D eigenvalue weighted by Gasteiger charge is -2.35. The number of para-hydroxylation sites is 4. The smallest absolute Gasteiger partial charge is 0.151 e. The van der Waals surface area contributed by atoms with Crippen LogP contribution in [-0.2, 0) is 0 Å². The number of piperazine rings is 1. The van der Waals surface area contributed by atoms with Gasteiger partial charge in [0.05, 0.1) is 11.4 Å². The first-order valence-corrected chi connectivity index (χ1v) is 9.55. The van der Waals surface area contributed by atoms with Crippen LogP contribution in [0.2, 0.25) is 0 Å². The highest BCUT2D eigenvalue weighted by Crippen LogP contribution is 2.46. The lowest BCUT2D eigenvalue weighted by molar-refractivity contribution is 0.173. The summed E-state index contributed by atoms with van der Waals surface area (Å²) in [6.07, 6.45) is 1.93. The van der Waals surface area contributed by atoms with Crippen LogP contribution >= 0.6 is 0 Å². The van der Waals surface area contributed by atoms with Gasteiger partial charge in [-0.1, -0.05) is 24.3 Å². The van der Waals surface area contributed by atoms with Gasteiger partial charge >= 0.3 is 0 Å². The van der Waals surface area contributed by atoms with Gasteiger partial charge in [0, 0.05) is 38.8 Å². The van der Waals surface area contributed by atoms with Gasteiger partial charge in [-0.15, -0.1) is 0 Å². The molecule has 2 aliphatic heterocycles. The van der Waals surface area contributed by atoms with Crippen molar-refractivity contribution in [3.8, 4) is 11.5 Å². The molecule has 138 valence electrons. The van der Waals surface area contributed by atoms with Crippen molar-refractivity contribution in [1.29, 1.82) is 0 Å². The minimum absolute atomic E-state index is 0.257. The fourth-order valence-electron chi connectivity index (χ4n) is 3.92. The van der Waals surface area contributed by atoms with Crippen LogP contribution in [0.4, 0.5) is 11.4 Å². The van der Waals surface area contributed by atoms with Crippen molar-refractivity contribution in [2.75, 3.05) is 44.2 Å². The van der Waals surface area contributed by atoms with Gasteiger partial charge in [-0.3, -0.25) is 0 Å². The fraction of sp³-hybridized carbons (Fsp3) is 0.429. The first-order valence-electron chi connectivity index (χ1n) is 9.55. The average molecular weight is 353 g/mol. The van der Waals surface area contributed by atoms with E-state index >= 15 is 0 Å². The first-order chi connectivity index (χ1) is 12.8. The molecule has 2 aliphatic rings. The third kappa shape index (κ3) is 3.70. The van der Waals surface area contributed by atoms with Gasteiger partial charge in [-0.2, -0.15) is 0 Å². The summed E-state index contributed by atoms with van der Waals surface area (Å²) in [5, 5.41) is 12.6. The number of hydrogen-bond acceptors (Lipinski definition) is 5. The van der Waals surface area contributed by atoms with E-state index < -0.39 is 0 Å². The van der Waals surface area contributed by atoms with Gasteiger partial charge in [0.15, 0.2) is 11.5 Å². The first kappa shape index (κ1) is 17.3. The number of hydrogen-bond donors (Lipinski definition) is 2. The van der Waals surface area contributed by atoms with E-state index in [2.05, 4.69) is 39.4 Å². The zero-order valence-electron chi connectivity index (χ0n) is 15.1. The largest absolute Gasteiger partial charge is 0.453 e. The van der Waals surface area contributed by atoms with E-state index in [1.165, 1.54) is 0 Å². The molecule has 4 rings (SSSR count). The number of anilines is 2. The lowest BCUT2D eigenvalue weighted by Crippen LogP contribution is -2.51. The van der Waals surface area contributed by atoms with E-state index in [9.17, 15) is 0 Å². The Morgan fingerprint density at radius 3 is 2.38 bits per heavy atom. The van der Waals surface area contributed by atoms with Crippen molar-refractivity contribution in [3.05, 3.63) is 48.5 Å². The Morgan fingerprint density at radius 1 is 1.00 bits per heavy atom. The third-order valence-corrected chi connectivity index (χ3v) is 5.21. The molecule has 2 aromatic carbocycles. The van der Waals surface area contributed by atoms with E-state index in [0.29, 0.717) is 6.04 Å². The number of nitrogens with one attached hydrogen (secondary N) is 1. The molecule has 1 unspecified atom stereocenters. The van der Waals surface area contributed by atoms with Crippen molar-refractivity contribution in [3.63, 3.8) is 0 Å². The lowest BCUT2D eigenvalue weighted by atomic mass is 10.1. The molecule has 0 aliphatic carbocycles. The molecule has 26 heavy (non-hydrogen) atoms. The molecule has 0 radical (unpaired) electrons. The molecule has 0 aromatic heterocycles. The summed E-state index contributed by atoms with van der Waals surface area (Å²) in [5.41, 5.74) is 2.29. The molecule has 5 nitrogen and oxygen atoms in total. The van der Waals surface area contributed by atoms with Crippen molar-refractivity contribution >= 4 is 11.4 Å². The summed E-state index contributed by atoms with van der Waals surface area (Å²) in [5.74, 6) is 1.85. The van der Waals surface area contributed by atoms with Crippen LogP contribution in [0.25, 0.3) is 0 Å². The summed E-state index contributed by atoms with van der Waals surface area (Å²) in [7, 11) is 0. The number of rotatable bonds is 6. The standard InChI is InChI=1S/C21H27N3O2/c25-15-10-17-16-23(14-11-22-17)12-5-13-24-18-6-1-3-8-20(18)26-21-9-4-2-7-19(21)24/h1-4,6-9,17,22,25H,5,10-16H2. The molecular weight excluding hydrogens is 326 g/mol. The quantitative estimate of drug-likeness (QED) is 0.836. The molecule has 1 fully saturated rings. The maximum absolute atomic E-state index is 9.16. The van der Waals surface area contributed by atoms with Crippen molar-refractivity contribution < 1.29 is 9.84 Å². The van der Waals surface area contributed by atoms with Gasteiger partial charge < -0.3 is 25.0 Å². The van der Waals surface area contributed by atoms with Crippen LogP contribution < -0.4 is 15.0 Å². The molecule has 2 N–H and O–H groups in total. The van der Waals surface area contributed by atoms with Crippen molar-refractivity contribution in [2.45, 2.75) is 18.9 Å². The maximum Gasteiger partial charge on any atom is 0.151 e. The van der Waals surface area contributed by atoms with E-state index in [1.54, 1.807) is 0 Å². The zero-order valence-corrected chi connectivity index (χ0v) is 15.1. The highest BCUT2D eigenvalue weighted by atomic mass is 16.5. The zero-order chi connectivity index (χ0) is 17.8. The molecular formula is C21H27N3O2. The Morgan fingerprint density at radius 2 is 1.69 bits per heavy atom. The Balaban J connectivity index is 1.42. The summed E-state index contributed by atoms with van der Waals surface area (Å²) >= 11 is 0. The van der Waals surface area contributed by atoms with Crippen LogP contribution in [0.3, 0.4) is 0 Å². The maximum atomic E-state index is 9.16. The topological polar surface area (TPSA) is 48.0 Å². The third-order valence-electron chi connectivity index (χ3n) is 5.21. The molecule has 0 bridgehead atoms. The fourth-order valence-corrected chi connectivity index (χ4v) is 3.92. The summed E-state index contributed by atoms with van der Waals surface area (Å²) in [4.78, 5) is 4.89. The molecule has 2 heterocycles. The highest BCUT2D eigenvalue weighted by Gasteiger charge is 2.24. The van der Waals surface area contributed by atoms with Crippen molar-refractivity contribution in [1.82, 2.24) is 10.2 Å². The Kier molecular flexibility index (Phi) is 5.39. The average Bonchev–Trinajstić information content (AvgIpc) is 2.68. The minimum atomic E-state index is 0.257. The van der Waals surface area contributed by atoms with E-state index in [4.69, 9.17) is 9.84 Å². The molecule has 0 saturated carbocycles. The van der Waals surface area contributed by atoms with Crippen molar-refractivity contribution in [2.24, 2.45) is 0 Å². The monoisotopic (exact) mass is 353 g/mol. The molecule has 1 atom stereocenters. The second kappa shape index (κ2) is 8.08. The number of nitrogens with zero attached hydrogens (tertiary/aromatic N) is 2. The predicted molar refractivity (Wildman–Crippen MR) is 105 cm³/mol. The van der Waals surface area contributed by atoms with Crippen LogP contribution in [0, 0.1) is 0 Å². The van der Waals surface area contributed by atoms with Gasteiger partial charge in [-0.05, 0) is 43.7 Å². The Bertz CT molecular complexity index is 689. The van der Waals surface area contributed by atoms with Gasteiger partial charge in [0.1, 0.15) is 0 Å². The molecule has 0 amide bonds. The van der Waals surface area contributed by atoms with E-state index in [0.717, 1.165) is 68.4 Å². The van der Waals surface area contributed by atoms with E-state index in [-0.39, 0.29) is 6.61 Å². The van der Waals surface area contributed by atoms with Gasteiger partial charge in [0.25, 0.3) is 0 Å². The highest BCUT2D eigenvalue weighted by molar-refractivity contribution is 5.77. The second-order valence-electron chi connectivity index (χ2n) is 7.01. The minimum Gasteiger partial charge on any atom is -0.453 e. The summed E-state index contributed by atoms with van der Waals surface area (Å²) in [6.45, 7) is 5.41. The summed E-state index contributed by atoms with van der Waals surface area (Å²) < 4.78 is 6.06. The Labute approximate surface area is 155 Å². The second-order valence-corrected chi connectivity index (χ2v) is 7.01. The normalized spacial score (nSPS) is 19.6.